The smallest absolute Gasteiger partial charge is 0.247 e. The van der Waals surface area contributed by atoms with Crippen LogP contribution in [0.25, 0.3) is 0 Å². The van der Waals surface area contributed by atoms with Gasteiger partial charge in [-0.3, -0.25) is 9.89 Å². The molecule has 2 heterocycles. The topological polar surface area (TPSA) is 108 Å². The number of aryl methyl sites for hydroxylation is 2. The van der Waals surface area contributed by atoms with Gasteiger partial charge in [-0.25, -0.2) is 13.1 Å². The van der Waals surface area contributed by atoms with Crippen molar-refractivity contribution in [1.82, 2.24) is 19.9 Å². The number of nitrogens with zero attached hydrogens (tertiary/aromatic N) is 1. The summed E-state index contributed by atoms with van der Waals surface area (Å²) < 4.78 is 26.3. The average molecular weight is 296 g/mol. The highest BCUT2D eigenvalue weighted by Gasteiger charge is 2.13. The Morgan fingerprint density at radius 2 is 2.15 bits per heavy atom. The molecule has 2 rings (SSSR count). The largest absolute Gasteiger partial charge is 0.328 e. The van der Waals surface area contributed by atoms with Crippen LogP contribution in [0.3, 0.4) is 0 Å². The van der Waals surface area contributed by atoms with Gasteiger partial charge < -0.3 is 4.98 Å². The molecule has 8 heteroatoms. The number of hydrogen-bond acceptors (Lipinski definition) is 4. The van der Waals surface area contributed by atoms with Crippen molar-refractivity contribution in [1.29, 1.82) is 0 Å². The summed E-state index contributed by atoms with van der Waals surface area (Å²) in [5.41, 5.74) is 1.74. The number of nitrogens with one attached hydrogen (secondary N) is 3. The standard InChI is InChI=1S/C12H16N4O3S/c1-9-10(7-14-16-9)3-2-6-15-20(18,19)11-4-5-12(17)13-8-11/h4-5,7-8,15H,2-3,6H2,1H3,(H,13,17)(H,14,16). The first-order chi connectivity index (χ1) is 9.49. The van der Waals surface area contributed by atoms with E-state index in [2.05, 4.69) is 19.9 Å². The van der Waals surface area contributed by atoms with Crippen LogP contribution in [0.4, 0.5) is 0 Å². The summed E-state index contributed by atoms with van der Waals surface area (Å²) >= 11 is 0. The highest BCUT2D eigenvalue weighted by Crippen LogP contribution is 2.07. The van der Waals surface area contributed by atoms with Crippen LogP contribution in [0.5, 0.6) is 0 Å². The van der Waals surface area contributed by atoms with Gasteiger partial charge in [0.1, 0.15) is 0 Å². The van der Waals surface area contributed by atoms with Crippen LogP contribution in [0, 0.1) is 6.92 Å². The number of H-pyrrole nitrogens is 2. The number of sulfonamides is 1. The molecule has 0 saturated carbocycles. The first-order valence-electron chi connectivity index (χ1n) is 6.16. The molecule has 2 aromatic rings. The molecule has 0 amide bonds. The monoisotopic (exact) mass is 296 g/mol. The van der Waals surface area contributed by atoms with Gasteiger partial charge >= 0.3 is 0 Å². The van der Waals surface area contributed by atoms with Gasteiger partial charge in [0, 0.05) is 24.5 Å². The molecule has 0 radical (unpaired) electrons. The van der Waals surface area contributed by atoms with Gasteiger partial charge in [-0.05, 0) is 31.4 Å². The Morgan fingerprint density at radius 1 is 1.35 bits per heavy atom. The quantitative estimate of drug-likeness (QED) is 0.667. The molecule has 2 aromatic heterocycles. The van der Waals surface area contributed by atoms with Crippen molar-refractivity contribution < 1.29 is 8.42 Å². The normalized spacial score (nSPS) is 11.7. The molecule has 0 aliphatic heterocycles. The Balaban J connectivity index is 1.88. The molecule has 0 aliphatic rings. The zero-order valence-corrected chi connectivity index (χ0v) is 11.8. The van der Waals surface area contributed by atoms with Crippen molar-refractivity contribution in [2.24, 2.45) is 0 Å². The summed E-state index contributed by atoms with van der Waals surface area (Å²) in [6, 6.07) is 2.46. The van der Waals surface area contributed by atoms with E-state index in [-0.39, 0.29) is 10.5 Å². The second-order valence-corrected chi connectivity index (χ2v) is 6.18. The molecule has 0 saturated heterocycles. The van der Waals surface area contributed by atoms with Crippen LogP contribution in [0.15, 0.2) is 34.2 Å². The van der Waals surface area contributed by atoms with E-state index in [4.69, 9.17) is 0 Å². The maximum atomic E-state index is 11.9. The molecular formula is C12H16N4O3S. The van der Waals surface area contributed by atoms with Crippen LogP contribution in [0.1, 0.15) is 17.7 Å². The van der Waals surface area contributed by atoms with Crippen molar-refractivity contribution in [2.75, 3.05) is 6.54 Å². The van der Waals surface area contributed by atoms with Crippen molar-refractivity contribution in [3.8, 4) is 0 Å². The minimum absolute atomic E-state index is 0.0524. The molecule has 0 aromatic carbocycles. The Bertz CT molecular complexity index is 713. The van der Waals surface area contributed by atoms with Crippen molar-refractivity contribution in [2.45, 2.75) is 24.7 Å². The van der Waals surface area contributed by atoms with Gasteiger partial charge in [-0.2, -0.15) is 5.10 Å². The highest BCUT2D eigenvalue weighted by atomic mass is 32.2. The van der Waals surface area contributed by atoms with Crippen LogP contribution < -0.4 is 10.3 Å². The molecule has 3 N–H and O–H groups in total. The number of hydrogen-bond donors (Lipinski definition) is 3. The van der Waals surface area contributed by atoms with Gasteiger partial charge in [0.2, 0.25) is 15.6 Å². The van der Waals surface area contributed by atoms with E-state index in [9.17, 15) is 13.2 Å². The van der Waals surface area contributed by atoms with Gasteiger partial charge in [-0.15, -0.1) is 0 Å². The summed E-state index contributed by atoms with van der Waals surface area (Å²) in [5, 5.41) is 6.74. The van der Waals surface area contributed by atoms with Gasteiger partial charge in [0.25, 0.3) is 0 Å². The van der Waals surface area contributed by atoms with E-state index in [0.29, 0.717) is 13.0 Å². The average Bonchev–Trinajstić information content (AvgIpc) is 2.81. The van der Waals surface area contributed by atoms with Gasteiger partial charge in [-0.1, -0.05) is 0 Å². The molecule has 0 atom stereocenters. The fraction of sp³-hybridized carbons (Fsp3) is 0.333. The van der Waals surface area contributed by atoms with E-state index < -0.39 is 10.0 Å². The van der Waals surface area contributed by atoms with Crippen LogP contribution in [0.2, 0.25) is 0 Å². The summed E-state index contributed by atoms with van der Waals surface area (Å²) in [4.78, 5) is 13.3. The molecule has 0 fully saturated rings. The van der Waals surface area contributed by atoms with E-state index in [1.54, 1.807) is 6.20 Å². The third-order valence-corrected chi connectivity index (χ3v) is 4.37. The van der Waals surface area contributed by atoms with Crippen LogP contribution in [-0.2, 0) is 16.4 Å². The number of aromatic nitrogens is 3. The van der Waals surface area contributed by atoms with Crippen molar-refractivity contribution >= 4 is 10.0 Å². The van der Waals surface area contributed by atoms with E-state index in [0.717, 1.165) is 17.7 Å². The van der Waals surface area contributed by atoms with Crippen molar-refractivity contribution in [3.63, 3.8) is 0 Å². The second kappa shape index (κ2) is 6.02. The van der Waals surface area contributed by atoms with Gasteiger partial charge in [0.05, 0.1) is 11.1 Å². The Labute approximate surface area is 116 Å². The van der Waals surface area contributed by atoms with Gasteiger partial charge in [0.15, 0.2) is 0 Å². The third-order valence-electron chi connectivity index (χ3n) is 2.92. The minimum Gasteiger partial charge on any atom is -0.328 e. The number of rotatable bonds is 6. The molecule has 7 nitrogen and oxygen atoms in total. The maximum absolute atomic E-state index is 11.9. The van der Waals surface area contributed by atoms with Crippen molar-refractivity contribution in [3.05, 3.63) is 46.1 Å². The van der Waals surface area contributed by atoms with E-state index in [1.165, 1.54) is 18.3 Å². The lowest BCUT2D eigenvalue weighted by Gasteiger charge is -2.06. The Morgan fingerprint density at radius 3 is 2.75 bits per heavy atom. The number of aromatic amines is 2. The molecule has 20 heavy (non-hydrogen) atoms. The van der Waals surface area contributed by atoms with E-state index in [1.807, 2.05) is 6.92 Å². The summed E-state index contributed by atoms with van der Waals surface area (Å²) in [6.07, 6.45) is 4.34. The Hall–Kier alpha value is -1.93. The summed E-state index contributed by atoms with van der Waals surface area (Å²) in [5.74, 6) is 0. The molecule has 0 aliphatic carbocycles. The first kappa shape index (κ1) is 14.5. The molecule has 0 spiro atoms. The van der Waals surface area contributed by atoms with E-state index >= 15 is 0 Å². The fourth-order valence-corrected chi connectivity index (χ4v) is 2.80. The minimum atomic E-state index is -3.57. The first-order valence-corrected chi connectivity index (χ1v) is 7.64. The lowest BCUT2D eigenvalue weighted by atomic mass is 10.1. The molecule has 108 valence electrons. The lowest BCUT2D eigenvalue weighted by molar-refractivity contribution is 0.578. The Kier molecular flexibility index (Phi) is 4.35. The predicted octanol–water partition coefficient (Wildman–Crippen LogP) is 0.318. The highest BCUT2D eigenvalue weighted by molar-refractivity contribution is 7.89. The molecule has 0 bridgehead atoms. The fourth-order valence-electron chi connectivity index (χ4n) is 1.76. The zero-order chi connectivity index (χ0) is 14.6. The predicted molar refractivity (Wildman–Crippen MR) is 73.9 cm³/mol. The SMILES string of the molecule is Cc1[nH]ncc1CCCNS(=O)(=O)c1ccc(=O)[nH]c1. The third kappa shape index (κ3) is 3.55. The zero-order valence-electron chi connectivity index (χ0n) is 11.0. The maximum Gasteiger partial charge on any atom is 0.247 e. The molecule has 0 unspecified atom stereocenters. The lowest BCUT2D eigenvalue weighted by Crippen LogP contribution is -2.25. The van der Waals surface area contributed by atoms with Crippen LogP contribution >= 0.6 is 0 Å². The second-order valence-electron chi connectivity index (χ2n) is 4.41. The summed E-state index contributed by atoms with van der Waals surface area (Å²) in [6.45, 7) is 2.25. The molecular weight excluding hydrogens is 280 g/mol. The van der Waals surface area contributed by atoms with Crippen LogP contribution in [-0.4, -0.2) is 30.1 Å². The number of pyridine rings is 1. The summed E-state index contributed by atoms with van der Waals surface area (Å²) in [7, 11) is -3.57.